The van der Waals surface area contributed by atoms with Crippen molar-refractivity contribution in [3.8, 4) is 0 Å². The molecule has 0 spiro atoms. The van der Waals surface area contributed by atoms with Crippen molar-refractivity contribution in [3.05, 3.63) is 20.9 Å². The summed E-state index contributed by atoms with van der Waals surface area (Å²) in [7, 11) is 0. The van der Waals surface area contributed by atoms with Gasteiger partial charge in [-0.2, -0.15) is 0 Å². The van der Waals surface area contributed by atoms with E-state index >= 15 is 0 Å². The Morgan fingerprint density at radius 3 is 2.16 bits per heavy atom. The number of hydrogen-bond donors (Lipinski definition) is 0. The van der Waals surface area contributed by atoms with Gasteiger partial charge in [-0.1, -0.05) is 61.8 Å². The molecule has 1 heteroatoms. The van der Waals surface area contributed by atoms with Crippen LogP contribution in [0.5, 0.6) is 0 Å². The summed E-state index contributed by atoms with van der Waals surface area (Å²) in [6.45, 7) is 21.2. The first-order chi connectivity index (χ1) is 14.3. The van der Waals surface area contributed by atoms with Gasteiger partial charge in [-0.25, -0.2) is 0 Å². The summed E-state index contributed by atoms with van der Waals surface area (Å²) in [6, 6.07) is 0. The van der Waals surface area contributed by atoms with E-state index in [1.165, 1.54) is 64.2 Å². The van der Waals surface area contributed by atoms with Crippen molar-refractivity contribution in [2.75, 3.05) is 0 Å². The fourth-order valence-electron chi connectivity index (χ4n) is 10.5. The molecule has 0 amide bonds. The Balaban J connectivity index is 1.58. The maximum Gasteiger partial charge on any atom is 0.0145 e. The first kappa shape index (κ1) is 21.2. The molecule has 6 unspecified atom stereocenters. The standard InChI is InChI=1S/C30H46S/c1-25(2)11-9-12-28(6)20(25)10-13-29(7)21(28)18-19-22-23-24(31-19)26(3,4)14-15-27(23,5)16-17-30(22,29)8/h20-21H,9-18H2,1-8H3. The molecule has 31 heavy (non-hydrogen) atoms. The van der Waals surface area contributed by atoms with E-state index in [1.54, 1.807) is 4.88 Å². The topological polar surface area (TPSA) is 0 Å². The van der Waals surface area contributed by atoms with Crippen LogP contribution in [0.2, 0.25) is 0 Å². The van der Waals surface area contributed by atoms with Gasteiger partial charge in [0.25, 0.3) is 0 Å². The second-order valence-corrected chi connectivity index (χ2v) is 16.1. The molecule has 5 aliphatic rings. The average molecular weight is 439 g/mol. The molecule has 0 bridgehead atoms. The molecule has 6 rings (SSSR count). The molecule has 0 radical (unpaired) electrons. The van der Waals surface area contributed by atoms with Gasteiger partial charge in [0.15, 0.2) is 0 Å². The maximum atomic E-state index is 2.77. The number of hydrogen-bond acceptors (Lipinski definition) is 1. The van der Waals surface area contributed by atoms with Crippen LogP contribution in [-0.2, 0) is 22.7 Å². The van der Waals surface area contributed by atoms with Crippen LogP contribution in [0.25, 0.3) is 0 Å². The highest BCUT2D eigenvalue weighted by atomic mass is 32.1. The molecule has 1 heterocycles. The van der Waals surface area contributed by atoms with E-state index in [0.717, 1.165) is 11.8 Å². The van der Waals surface area contributed by atoms with Crippen LogP contribution in [0.4, 0.5) is 0 Å². The van der Waals surface area contributed by atoms with E-state index in [2.05, 4.69) is 66.7 Å². The molecule has 5 aliphatic carbocycles. The lowest BCUT2D eigenvalue weighted by Gasteiger charge is -2.69. The lowest BCUT2D eigenvalue weighted by atomic mass is 9.35. The van der Waals surface area contributed by atoms with Gasteiger partial charge in [-0.15, -0.1) is 11.3 Å². The molecule has 0 aromatic carbocycles. The minimum atomic E-state index is 0.375. The van der Waals surface area contributed by atoms with Gasteiger partial charge in [0, 0.05) is 9.75 Å². The zero-order chi connectivity index (χ0) is 22.2. The second kappa shape index (κ2) is 5.84. The largest absolute Gasteiger partial charge is 0.144 e. The summed E-state index contributed by atoms with van der Waals surface area (Å²) >= 11 is 2.28. The Bertz CT molecular complexity index is 948. The Morgan fingerprint density at radius 1 is 0.710 bits per heavy atom. The van der Waals surface area contributed by atoms with Gasteiger partial charge < -0.3 is 0 Å². The Morgan fingerprint density at radius 2 is 1.42 bits per heavy atom. The molecule has 6 atom stereocenters. The van der Waals surface area contributed by atoms with Crippen molar-refractivity contribution >= 4 is 11.3 Å². The van der Waals surface area contributed by atoms with E-state index in [9.17, 15) is 0 Å². The van der Waals surface area contributed by atoms with Crippen molar-refractivity contribution in [2.45, 2.75) is 136 Å². The SMILES string of the molecule is CC1(C)CCC2(C)CCC3(C)c4c(sc1c42)CC1C2(C)CCCC(C)(C)C2CCC13C. The molecule has 0 aliphatic heterocycles. The molecule has 0 N–H and O–H groups in total. The van der Waals surface area contributed by atoms with Crippen molar-refractivity contribution in [1.29, 1.82) is 0 Å². The zero-order valence-electron chi connectivity index (χ0n) is 21.6. The summed E-state index contributed by atoms with van der Waals surface area (Å²) in [5.74, 6) is 1.78. The smallest absolute Gasteiger partial charge is 0.0145 e. The fraction of sp³-hybridized carbons (Fsp3) is 0.867. The highest BCUT2D eigenvalue weighted by Crippen LogP contribution is 2.74. The number of thiophene rings is 1. The molecule has 172 valence electrons. The normalized spacial score (nSPS) is 49.0. The summed E-state index contributed by atoms with van der Waals surface area (Å²) < 4.78 is 0. The Labute approximate surface area is 196 Å². The minimum absolute atomic E-state index is 0.375. The highest BCUT2D eigenvalue weighted by molar-refractivity contribution is 7.12. The highest BCUT2D eigenvalue weighted by Gasteiger charge is 2.67. The predicted octanol–water partition coefficient (Wildman–Crippen LogP) is 8.93. The molecule has 2 fully saturated rings. The van der Waals surface area contributed by atoms with Gasteiger partial charge in [-0.05, 0) is 113 Å². The Hall–Kier alpha value is -0.300. The summed E-state index contributed by atoms with van der Waals surface area (Å²) in [6.07, 6.45) is 14.3. The fourth-order valence-corrected chi connectivity index (χ4v) is 12.3. The van der Waals surface area contributed by atoms with Crippen LogP contribution < -0.4 is 0 Å². The average Bonchev–Trinajstić information content (AvgIpc) is 3.08. The van der Waals surface area contributed by atoms with Gasteiger partial charge >= 0.3 is 0 Å². The van der Waals surface area contributed by atoms with Crippen LogP contribution in [0.3, 0.4) is 0 Å². The maximum absolute atomic E-state index is 2.77. The van der Waals surface area contributed by atoms with Gasteiger partial charge in [0.2, 0.25) is 0 Å². The molecule has 0 saturated heterocycles. The van der Waals surface area contributed by atoms with Crippen molar-refractivity contribution in [3.63, 3.8) is 0 Å². The minimum Gasteiger partial charge on any atom is -0.144 e. The third-order valence-corrected chi connectivity index (χ3v) is 14.3. The van der Waals surface area contributed by atoms with E-state index in [-0.39, 0.29) is 0 Å². The molecular weight excluding hydrogens is 392 g/mol. The van der Waals surface area contributed by atoms with E-state index in [4.69, 9.17) is 0 Å². The van der Waals surface area contributed by atoms with E-state index in [1.807, 2.05) is 16.0 Å². The van der Waals surface area contributed by atoms with Gasteiger partial charge in [0.05, 0.1) is 0 Å². The van der Waals surface area contributed by atoms with Gasteiger partial charge in [0.1, 0.15) is 0 Å². The molecule has 2 saturated carbocycles. The monoisotopic (exact) mass is 438 g/mol. The third kappa shape index (κ3) is 2.34. The summed E-state index contributed by atoms with van der Waals surface area (Å²) in [5.41, 5.74) is 6.49. The van der Waals surface area contributed by atoms with Crippen molar-refractivity contribution in [1.82, 2.24) is 0 Å². The van der Waals surface area contributed by atoms with Crippen LogP contribution in [-0.4, -0.2) is 0 Å². The van der Waals surface area contributed by atoms with Crippen LogP contribution >= 0.6 is 11.3 Å². The number of fused-ring (bicyclic) bond motifs is 4. The lowest BCUT2D eigenvalue weighted by Crippen LogP contribution is -2.63. The molecule has 1 aromatic rings. The Kier molecular flexibility index (Phi) is 4.01. The van der Waals surface area contributed by atoms with E-state index < -0.39 is 0 Å². The van der Waals surface area contributed by atoms with Crippen molar-refractivity contribution in [2.24, 2.45) is 28.1 Å². The zero-order valence-corrected chi connectivity index (χ0v) is 22.5. The van der Waals surface area contributed by atoms with Crippen LogP contribution in [0, 0.1) is 28.1 Å². The summed E-state index contributed by atoms with van der Waals surface area (Å²) in [5, 5.41) is 0. The third-order valence-electron chi connectivity index (χ3n) is 12.7. The van der Waals surface area contributed by atoms with E-state index in [0.29, 0.717) is 32.5 Å². The molecule has 1 aromatic heterocycles. The van der Waals surface area contributed by atoms with Crippen molar-refractivity contribution < 1.29 is 0 Å². The second-order valence-electron chi connectivity index (χ2n) is 15.0. The molecular formula is C30H46S. The van der Waals surface area contributed by atoms with Gasteiger partial charge in [-0.3, -0.25) is 0 Å². The first-order valence-corrected chi connectivity index (χ1v) is 14.3. The van der Waals surface area contributed by atoms with Crippen LogP contribution in [0.1, 0.15) is 134 Å². The van der Waals surface area contributed by atoms with Crippen LogP contribution in [0.15, 0.2) is 0 Å². The molecule has 0 nitrogen and oxygen atoms in total. The predicted molar refractivity (Wildman–Crippen MR) is 134 cm³/mol. The first-order valence-electron chi connectivity index (χ1n) is 13.5. The number of rotatable bonds is 0. The lowest BCUT2D eigenvalue weighted by molar-refractivity contribution is -0.160. The quantitative estimate of drug-likeness (QED) is 0.379. The summed E-state index contributed by atoms with van der Waals surface area (Å²) in [4.78, 5) is 3.63.